The molecular weight excluding hydrogens is 313 g/mol. The highest BCUT2D eigenvalue weighted by Gasteiger charge is 2.03. The Morgan fingerprint density at radius 3 is 2.75 bits per heavy atom. The molecule has 0 radical (unpaired) electrons. The van der Waals surface area contributed by atoms with Crippen molar-refractivity contribution in [2.75, 3.05) is 0 Å². The van der Waals surface area contributed by atoms with Gasteiger partial charge >= 0.3 is 0 Å². The van der Waals surface area contributed by atoms with Crippen LogP contribution in [-0.4, -0.2) is 13.6 Å². The number of rotatable bonds is 4. The third-order valence-electron chi connectivity index (χ3n) is 2.30. The highest BCUT2D eigenvalue weighted by Crippen LogP contribution is 2.06. The number of hydrogen-bond acceptors (Lipinski definition) is 2. The molecule has 2 rings (SSSR count). The van der Waals surface area contributed by atoms with Gasteiger partial charge in [0.25, 0.3) is 0 Å². The molecule has 0 spiro atoms. The predicted octanol–water partition coefficient (Wildman–Crippen LogP) is 2.19. The Kier molecular flexibility index (Phi) is 3.95. The molecule has 1 atom stereocenters. The van der Waals surface area contributed by atoms with Crippen molar-refractivity contribution in [3.8, 4) is 0 Å². The van der Waals surface area contributed by atoms with Crippen molar-refractivity contribution in [1.82, 2.24) is 9.55 Å². The van der Waals surface area contributed by atoms with Gasteiger partial charge in [0.05, 0.1) is 16.1 Å². The second-order valence-corrected chi connectivity index (χ2v) is 5.34. The third-order valence-corrected chi connectivity index (χ3v) is 2.74. The summed E-state index contributed by atoms with van der Waals surface area (Å²) in [5, 5.41) is 0. The van der Waals surface area contributed by atoms with E-state index in [1.807, 2.05) is 24.5 Å². The van der Waals surface area contributed by atoms with Crippen molar-refractivity contribution >= 4 is 22.6 Å². The van der Waals surface area contributed by atoms with Gasteiger partial charge in [0.1, 0.15) is 0 Å². The van der Waals surface area contributed by atoms with Gasteiger partial charge in [-0.1, -0.05) is 52.9 Å². The van der Waals surface area contributed by atoms with E-state index >= 15 is 0 Å². The van der Waals surface area contributed by atoms with E-state index in [9.17, 15) is 0 Å². The van der Waals surface area contributed by atoms with Crippen molar-refractivity contribution in [2.45, 2.75) is 17.0 Å². The van der Waals surface area contributed by atoms with Gasteiger partial charge in [-0.05, 0) is 5.56 Å². The monoisotopic (exact) mass is 327 g/mol. The van der Waals surface area contributed by atoms with Crippen LogP contribution in [0.1, 0.15) is 11.3 Å². The summed E-state index contributed by atoms with van der Waals surface area (Å²) in [6.45, 7) is 0.865. The Labute approximate surface area is 109 Å². The number of aromatic nitrogens is 2. The molecule has 0 saturated carbocycles. The minimum absolute atomic E-state index is 0.137. The van der Waals surface area contributed by atoms with Crippen LogP contribution < -0.4 is 5.73 Å². The van der Waals surface area contributed by atoms with Crippen LogP contribution in [0.2, 0.25) is 0 Å². The summed E-state index contributed by atoms with van der Waals surface area (Å²) in [6.07, 6.45) is 4.75. The number of alkyl halides is 1. The number of hydrogen-bond donors (Lipinski definition) is 1. The average Bonchev–Trinajstić information content (AvgIpc) is 2.66. The molecule has 2 N–H and O–H groups in total. The van der Waals surface area contributed by atoms with E-state index in [0.717, 1.165) is 18.7 Å². The number of halogens is 1. The van der Waals surface area contributed by atoms with E-state index in [1.54, 1.807) is 0 Å². The Morgan fingerprint density at radius 2 is 2.06 bits per heavy atom. The maximum absolute atomic E-state index is 5.72. The minimum Gasteiger partial charge on any atom is -0.333 e. The summed E-state index contributed by atoms with van der Waals surface area (Å²) >= 11 is 2.21. The lowest BCUT2D eigenvalue weighted by molar-refractivity contribution is 0.795. The maximum atomic E-state index is 5.72. The maximum Gasteiger partial charge on any atom is 0.0952 e. The molecule has 1 aromatic carbocycles. The highest BCUT2D eigenvalue weighted by atomic mass is 127. The van der Waals surface area contributed by atoms with Crippen LogP contribution in [0.25, 0.3) is 0 Å². The smallest absolute Gasteiger partial charge is 0.0952 e. The summed E-state index contributed by atoms with van der Waals surface area (Å²) in [5.74, 6) is 0. The number of imidazole rings is 1. The topological polar surface area (TPSA) is 43.8 Å². The van der Waals surface area contributed by atoms with E-state index in [1.165, 1.54) is 5.56 Å². The SMILES string of the molecule is N[C@H](I)Cc1cn(Cc2ccccc2)cn1. The van der Waals surface area contributed by atoms with Crippen molar-refractivity contribution in [3.63, 3.8) is 0 Å². The fourth-order valence-corrected chi connectivity index (χ4v) is 2.04. The molecule has 0 saturated heterocycles. The molecule has 0 amide bonds. The zero-order valence-corrected chi connectivity index (χ0v) is 11.0. The Bertz CT molecular complexity index is 437. The molecule has 1 aromatic heterocycles. The molecular formula is C12H14IN3. The largest absolute Gasteiger partial charge is 0.333 e. The van der Waals surface area contributed by atoms with Gasteiger partial charge in [0.2, 0.25) is 0 Å². The van der Waals surface area contributed by atoms with Crippen LogP contribution in [0.3, 0.4) is 0 Å². The lowest BCUT2D eigenvalue weighted by Gasteiger charge is -2.01. The Morgan fingerprint density at radius 1 is 1.31 bits per heavy atom. The fraction of sp³-hybridized carbons (Fsp3) is 0.250. The van der Waals surface area contributed by atoms with Gasteiger partial charge in [-0.3, -0.25) is 0 Å². The first-order valence-corrected chi connectivity index (χ1v) is 6.43. The first-order chi connectivity index (χ1) is 7.74. The summed E-state index contributed by atoms with van der Waals surface area (Å²) in [7, 11) is 0. The summed E-state index contributed by atoms with van der Waals surface area (Å²) in [6, 6.07) is 10.4. The molecule has 3 nitrogen and oxygen atoms in total. The molecule has 0 aliphatic rings. The van der Waals surface area contributed by atoms with E-state index in [4.69, 9.17) is 5.73 Å². The van der Waals surface area contributed by atoms with Gasteiger partial charge in [-0.2, -0.15) is 0 Å². The van der Waals surface area contributed by atoms with E-state index in [-0.39, 0.29) is 4.05 Å². The molecule has 1 heterocycles. The highest BCUT2D eigenvalue weighted by molar-refractivity contribution is 14.1. The molecule has 0 fully saturated rings. The van der Waals surface area contributed by atoms with Gasteiger partial charge in [-0.15, -0.1) is 0 Å². The Hall–Kier alpha value is -0.880. The number of nitrogens with two attached hydrogens (primary N) is 1. The molecule has 0 bridgehead atoms. The average molecular weight is 327 g/mol. The van der Waals surface area contributed by atoms with Crippen molar-refractivity contribution in [3.05, 3.63) is 54.1 Å². The normalized spacial score (nSPS) is 12.6. The standard InChI is InChI=1S/C12H14IN3/c13-12(14)6-11-8-16(9-15-11)7-10-4-2-1-3-5-10/h1-5,8-9,12H,6-7,14H2/t12-/m0/s1. The van der Waals surface area contributed by atoms with Crippen LogP contribution in [0, 0.1) is 0 Å². The molecule has 16 heavy (non-hydrogen) atoms. The number of nitrogens with zero attached hydrogens (tertiary/aromatic N) is 2. The van der Waals surface area contributed by atoms with Crippen LogP contribution in [0.15, 0.2) is 42.9 Å². The third kappa shape index (κ3) is 3.31. The summed E-state index contributed by atoms with van der Waals surface area (Å²) < 4.78 is 2.22. The molecule has 4 heteroatoms. The lowest BCUT2D eigenvalue weighted by atomic mass is 10.2. The predicted molar refractivity (Wildman–Crippen MR) is 73.5 cm³/mol. The van der Waals surface area contributed by atoms with Gasteiger partial charge in [-0.25, -0.2) is 4.98 Å². The van der Waals surface area contributed by atoms with Crippen LogP contribution in [0.4, 0.5) is 0 Å². The van der Waals surface area contributed by atoms with Crippen LogP contribution in [-0.2, 0) is 13.0 Å². The number of benzene rings is 1. The molecule has 0 aliphatic heterocycles. The fourth-order valence-electron chi connectivity index (χ4n) is 1.59. The minimum atomic E-state index is 0.137. The van der Waals surface area contributed by atoms with Gasteiger partial charge in [0, 0.05) is 19.2 Å². The van der Waals surface area contributed by atoms with Crippen molar-refractivity contribution in [2.24, 2.45) is 5.73 Å². The van der Waals surface area contributed by atoms with E-state index in [2.05, 4.69) is 50.5 Å². The van der Waals surface area contributed by atoms with Gasteiger partial charge < -0.3 is 10.3 Å². The second kappa shape index (κ2) is 5.45. The van der Waals surface area contributed by atoms with Gasteiger partial charge in [0.15, 0.2) is 0 Å². The molecule has 0 unspecified atom stereocenters. The Balaban J connectivity index is 2.03. The van der Waals surface area contributed by atoms with E-state index < -0.39 is 0 Å². The summed E-state index contributed by atoms with van der Waals surface area (Å²) in [5.41, 5.74) is 8.06. The van der Waals surface area contributed by atoms with Crippen LogP contribution >= 0.6 is 22.6 Å². The molecule has 84 valence electrons. The lowest BCUT2D eigenvalue weighted by Crippen LogP contribution is -2.13. The molecule has 0 aliphatic carbocycles. The second-order valence-electron chi connectivity index (χ2n) is 3.74. The zero-order chi connectivity index (χ0) is 11.4. The van der Waals surface area contributed by atoms with Crippen molar-refractivity contribution in [1.29, 1.82) is 0 Å². The first-order valence-electron chi connectivity index (χ1n) is 5.18. The summed E-state index contributed by atoms with van der Waals surface area (Å²) in [4.78, 5) is 4.33. The van der Waals surface area contributed by atoms with E-state index in [0.29, 0.717) is 0 Å². The first kappa shape index (κ1) is 11.6. The van der Waals surface area contributed by atoms with Crippen LogP contribution in [0.5, 0.6) is 0 Å². The zero-order valence-electron chi connectivity index (χ0n) is 8.88. The quantitative estimate of drug-likeness (QED) is 0.531. The van der Waals surface area contributed by atoms with Crippen molar-refractivity contribution < 1.29 is 0 Å². The molecule has 2 aromatic rings.